The first-order valence-electron chi connectivity index (χ1n) is 4.34. The molecule has 0 aliphatic rings. The summed E-state index contributed by atoms with van der Waals surface area (Å²) < 4.78 is 0. The molecule has 0 N–H and O–H groups in total. The van der Waals surface area contributed by atoms with Crippen molar-refractivity contribution in [2.24, 2.45) is 0 Å². The summed E-state index contributed by atoms with van der Waals surface area (Å²) in [5, 5.41) is 1.95. The SMILES string of the molecule is CC(=O)c1sccc1-c1cc[c]cc1. The Morgan fingerprint density at radius 3 is 2.64 bits per heavy atom. The second-order valence-electron chi connectivity index (χ2n) is 3.01. The number of thiophene rings is 1. The number of ketones is 1. The zero-order valence-electron chi connectivity index (χ0n) is 7.78. The molecule has 0 amide bonds. The van der Waals surface area contributed by atoms with Gasteiger partial charge in [-0.25, -0.2) is 0 Å². The predicted molar refractivity (Wildman–Crippen MR) is 58.6 cm³/mol. The molecule has 1 aromatic carbocycles. The van der Waals surface area contributed by atoms with Crippen molar-refractivity contribution in [2.75, 3.05) is 0 Å². The fraction of sp³-hybridized carbons (Fsp3) is 0.0833. The van der Waals surface area contributed by atoms with Crippen molar-refractivity contribution >= 4 is 17.1 Å². The van der Waals surface area contributed by atoms with E-state index in [-0.39, 0.29) is 5.78 Å². The van der Waals surface area contributed by atoms with Crippen LogP contribution >= 0.6 is 11.3 Å². The molecule has 1 aromatic heterocycles. The molecule has 0 aliphatic carbocycles. The first-order chi connectivity index (χ1) is 6.79. The van der Waals surface area contributed by atoms with Gasteiger partial charge in [0, 0.05) is 5.56 Å². The molecule has 0 unspecified atom stereocenters. The third-order valence-corrected chi connectivity index (χ3v) is 3.03. The van der Waals surface area contributed by atoms with Gasteiger partial charge in [0.2, 0.25) is 0 Å². The highest BCUT2D eigenvalue weighted by Gasteiger charge is 2.09. The van der Waals surface area contributed by atoms with Crippen LogP contribution in [0.3, 0.4) is 0 Å². The summed E-state index contributed by atoms with van der Waals surface area (Å²) in [6.07, 6.45) is 0. The topological polar surface area (TPSA) is 17.1 Å². The molecule has 69 valence electrons. The van der Waals surface area contributed by atoms with Gasteiger partial charge in [-0.05, 0) is 30.0 Å². The minimum Gasteiger partial charge on any atom is -0.294 e. The summed E-state index contributed by atoms with van der Waals surface area (Å²) in [6, 6.07) is 12.6. The van der Waals surface area contributed by atoms with Gasteiger partial charge in [-0.15, -0.1) is 11.3 Å². The molecule has 1 radical (unpaired) electrons. The highest BCUT2D eigenvalue weighted by molar-refractivity contribution is 7.12. The van der Waals surface area contributed by atoms with Gasteiger partial charge < -0.3 is 0 Å². The minimum atomic E-state index is 0.128. The van der Waals surface area contributed by atoms with E-state index in [2.05, 4.69) is 6.07 Å². The fourth-order valence-corrected chi connectivity index (χ4v) is 2.19. The van der Waals surface area contributed by atoms with Crippen LogP contribution in [0.5, 0.6) is 0 Å². The number of carbonyl (C=O) groups excluding carboxylic acids is 1. The van der Waals surface area contributed by atoms with Gasteiger partial charge in [-0.2, -0.15) is 0 Å². The van der Waals surface area contributed by atoms with Crippen LogP contribution in [0.4, 0.5) is 0 Å². The highest BCUT2D eigenvalue weighted by Crippen LogP contribution is 2.28. The largest absolute Gasteiger partial charge is 0.294 e. The number of rotatable bonds is 2. The van der Waals surface area contributed by atoms with Crippen LogP contribution in [0.15, 0.2) is 35.7 Å². The lowest BCUT2D eigenvalue weighted by Gasteiger charge is -1.99. The molecule has 2 aromatic rings. The molecule has 0 saturated carbocycles. The summed E-state index contributed by atoms with van der Waals surface area (Å²) in [5.74, 6) is 0.128. The van der Waals surface area contributed by atoms with Gasteiger partial charge in [-0.3, -0.25) is 4.79 Å². The Morgan fingerprint density at radius 1 is 1.29 bits per heavy atom. The van der Waals surface area contributed by atoms with E-state index in [1.54, 1.807) is 6.92 Å². The standard InChI is InChI=1S/C12H9OS/c1-9(13)12-11(7-8-14-12)10-5-3-2-4-6-10/h3-8H,1H3. The van der Waals surface area contributed by atoms with E-state index in [0.717, 1.165) is 16.0 Å². The quantitative estimate of drug-likeness (QED) is 0.680. The Morgan fingerprint density at radius 2 is 2.00 bits per heavy atom. The smallest absolute Gasteiger partial charge is 0.170 e. The van der Waals surface area contributed by atoms with Crippen LogP contribution in [-0.4, -0.2) is 5.78 Å². The van der Waals surface area contributed by atoms with Crippen molar-refractivity contribution in [3.8, 4) is 11.1 Å². The molecule has 1 nitrogen and oxygen atoms in total. The summed E-state index contributed by atoms with van der Waals surface area (Å²) in [5.41, 5.74) is 2.10. The van der Waals surface area contributed by atoms with Crippen LogP contribution in [0.25, 0.3) is 11.1 Å². The molecule has 0 fully saturated rings. The van der Waals surface area contributed by atoms with Crippen LogP contribution in [-0.2, 0) is 0 Å². The van der Waals surface area contributed by atoms with Crippen LogP contribution in [0, 0.1) is 6.07 Å². The summed E-state index contributed by atoms with van der Waals surface area (Å²) in [6.45, 7) is 1.60. The van der Waals surface area contributed by atoms with Gasteiger partial charge in [0.25, 0.3) is 0 Å². The fourth-order valence-electron chi connectivity index (χ4n) is 1.38. The first-order valence-corrected chi connectivity index (χ1v) is 5.22. The van der Waals surface area contributed by atoms with E-state index in [4.69, 9.17) is 0 Å². The maximum Gasteiger partial charge on any atom is 0.170 e. The molecule has 0 atom stereocenters. The lowest BCUT2D eigenvalue weighted by Crippen LogP contribution is -1.89. The molecule has 0 spiro atoms. The number of Topliss-reactive ketones (excluding diaryl/α,β-unsaturated/α-hetero) is 1. The Kier molecular flexibility index (Phi) is 2.46. The normalized spacial score (nSPS) is 10.1. The van der Waals surface area contributed by atoms with Crippen molar-refractivity contribution < 1.29 is 4.79 Å². The summed E-state index contributed by atoms with van der Waals surface area (Å²) in [7, 11) is 0. The third-order valence-electron chi connectivity index (χ3n) is 2.01. The van der Waals surface area contributed by atoms with Crippen LogP contribution < -0.4 is 0 Å². The van der Waals surface area contributed by atoms with E-state index in [1.807, 2.05) is 35.7 Å². The molecule has 0 aliphatic heterocycles. The zero-order valence-corrected chi connectivity index (χ0v) is 8.60. The summed E-state index contributed by atoms with van der Waals surface area (Å²) >= 11 is 1.49. The average molecular weight is 201 g/mol. The number of carbonyl (C=O) groups is 1. The monoisotopic (exact) mass is 201 g/mol. The Bertz CT molecular complexity index is 442. The Hall–Kier alpha value is -1.41. The third kappa shape index (κ3) is 1.61. The average Bonchev–Trinajstić information content (AvgIpc) is 2.67. The maximum atomic E-state index is 11.3. The molecular weight excluding hydrogens is 192 g/mol. The maximum absolute atomic E-state index is 11.3. The van der Waals surface area contributed by atoms with Crippen molar-refractivity contribution in [3.05, 3.63) is 46.7 Å². The molecule has 14 heavy (non-hydrogen) atoms. The molecule has 2 heteroatoms. The predicted octanol–water partition coefficient (Wildman–Crippen LogP) is 3.42. The molecular formula is C12H9OS. The van der Waals surface area contributed by atoms with Crippen molar-refractivity contribution in [3.63, 3.8) is 0 Å². The molecule has 1 heterocycles. The van der Waals surface area contributed by atoms with E-state index in [0.29, 0.717) is 0 Å². The Labute approximate surface area is 87.0 Å². The van der Waals surface area contributed by atoms with Gasteiger partial charge in [-0.1, -0.05) is 24.3 Å². The van der Waals surface area contributed by atoms with Crippen molar-refractivity contribution in [2.45, 2.75) is 6.92 Å². The highest BCUT2D eigenvalue weighted by atomic mass is 32.1. The van der Waals surface area contributed by atoms with Crippen LogP contribution in [0.1, 0.15) is 16.6 Å². The molecule has 2 rings (SSSR count). The number of hydrogen-bond acceptors (Lipinski definition) is 2. The number of benzene rings is 1. The second kappa shape index (κ2) is 3.76. The second-order valence-corrected chi connectivity index (χ2v) is 3.92. The van der Waals surface area contributed by atoms with Crippen molar-refractivity contribution in [1.29, 1.82) is 0 Å². The van der Waals surface area contributed by atoms with Gasteiger partial charge in [0.15, 0.2) is 5.78 Å². The molecule has 0 saturated heterocycles. The first kappa shape index (κ1) is 9.16. The van der Waals surface area contributed by atoms with E-state index >= 15 is 0 Å². The lowest BCUT2D eigenvalue weighted by molar-refractivity contribution is 0.102. The van der Waals surface area contributed by atoms with Gasteiger partial charge in [0.1, 0.15) is 0 Å². The summed E-state index contributed by atoms with van der Waals surface area (Å²) in [4.78, 5) is 12.1. The lowest BCUT2D eigenvalue weighted by atomic mass is 10.1. The zero-order chi connectivity index (χ0) is 9.97. The van der Waals surface area contributed by atoms with Crippen molar-refractivity contribution in [1.82, 2.24) is 0 Å². The number of hydrogen-bond donors (Lipinski definition) is 0. The minimum absolute atomic E-state index is 0.128. The van der Waals surface area contributed by atoms with E-state index < -0.39 is 0 Å². The van der Waals surface area contributed by atoms with Gasteiger partial charge in [0.05, 0.1) is 4.88 Å². The molecule has 0 bridgehead atoms. The van der Waals surface area contributed by atoms with Crippen LogP contribution in [0.2, 0.25) is 0 Å². The van der Waals surface area contributed by atoms with Gasteiger partial charge >= 0.3 is 0 Å². The van der Waals surface area contributed by atoms with E-state index in [1.165, 1.54) is 11.3 Å². The Balaban J connectivity index is 2.52. The van der Waals surface area contributed by atoms with E-state index in [9.17, 15) is 4.79 Å².